The van der Waals surface area contributed by atoms with Gasteiger partial charge in [-0.25, -0.2) is 0 Å². The quantitative estimate of drug-likeness (QED) is 0.788. The van der Waals surface area contributed by atoms with Crippen LogP contribution >= 0.6 is 0 Å². The molecule has 0 aliphatic heterocycles. The Morgan fingerprint density at radius 1 is 1.38 bits per heavy atom. The Bertz CT molecular complexity index is 433. The highest BCUT2D eigenvalue weighted by atomic mass is 16.5. The maximum absolute atomic E-state index is 10.2. The molecule has 0 unspecified atom stereocenters. The van der Waals surface area contributed by atoms with Gasteiger partial charge in [-0.1, -0.05) is 19.9 Å². The van der Waals surface area contributed by atoms with Crippen LogP contribution in [-0.4, -0.2) is 12.2 Å². The van der Waals surface area contributed by atoms with Gasteiger partial charge in [0, 0.05) is 0 Å². The topological polar surface area (TPSA) is 29.5 Å². The first-order chi connectivity index (χ1) is 7.38. The molecular weight excluding hydrogens is 200 g/mol. The van der Waals surface area contributed by atoms with Crippen LogP contribution in [0.4, 0.5) is 0 Å². The van der Waals surface area contributed by atoms with Gasteiger partial charge in [0.2, 0.25) is 0 Å². The second-order valence-electron chi connectivity index (χ2n) is 5.42. The van der Waals surface area contributed by atoms with E-state index < -0.39 is 0 Å². The molecule has 0 fully saturated rings. The average molecular weight is 220 g/mol. The Morgan fingerprint density at radius 2 is 2.00 bits per heavy atom. The van der Waals surface area contributed by atoms with Gasteiger partial charge in [-0.15, -0.1) is 0 Å². The molecule has 1 aromatic rings. The Morgan fingerprint density at radius 3 is 2.56 bits per heavy atom. The summed E-state index contributed by atoms with van der Waals surface area (Å²) < 4.78 is 5.41. The molecule has 1 atom stereocenters. The summed E-state index contributed by atoms with van der Waals surface area (Å²) in [7, 11) is 1.69. The van der Waals surface area contributed by atoms with E-state index in [1.807, 2.05) is 6.92 Å². The standard InChI is InChI=1S/C14H20O2/c1-8-6-10-12(9(2)13(8)16-5)11(15)7-14(10,3)4/h6,11,15H,7H2,1-5H3/t11-/m1/s1. The fraction of sp³-hybridized carbons (Fsp3) is 0.571. The molecule has 1 aliphatic rings. The van der Waals surface area contributed by atoms with Crippen molar-refractivity contribution in [3.63, 3.8) is 0 Å². The van der Waals surface area contributed by atoms with Crippen LogP contribution in [0.3, 0.4) is 0 Å². The van der Waals surface area contributed by atoms with Crippen LogP contribution in [0.5, 0.6) is 5.75 Å². The van der Waals surface area contributed by atoms with Gasteiger partial charge in [0.15, 0.2) is 0 Å². The number of hydrogen-bond donors (Lipinski definition) is 1. The number of hydrogen-bond acceptors (Lipinski definition) is 2. The Balaban J connectivity index is 2.72. The van der Waals surface area contributed by atoms with Gasteiger partial charge in [-0.05, 0) is 47.9 Å². The van der Waals surface area contributed by atoms with E-state index in [2.05, 4.69) is 26.8 Å². The van der Waals surface area contributed by atoms with Gasteiger partial charge in [0.05, 0.1) is 13.2 Å². The van der Waals surface area contributed by atoms with Crippen molar-refractivity contribution in [3.05, 3.63) is 28.3 Å². The second-order valence-corrected chi connectivity index (χ2v) is 5.42. The molecule has 2 nitrogen and oxygen atoms in total. The monoisotopic (exact) mass is 220 g/mol. The van der Waals surface area contributed by atoms with Gasteiger partial charge >= 0.3 is 0 Å². The lowest BCUT2D eigenvalue weighted by atomic mass is 9.85. The Labute approximate surface area is 97.3 Å². The summed E-state index contributed by atoms with van der Waals surface area (Å²) in [5.74, 6) is 0.913. The third kappa shape index (κ3) is 1.44. The molecule has 2 heteroatoms. The summed E-state index contributed by atoms with van der Waals surface area (Å²) in [6.45, 7) is 8.48. The molecule has 88 valence electrons. The highest BCUT2D eigenvalue weighted by molar-refractivity contribution is 5.55. The summed E-state index contributed by atoms with van der Waals surface area (Å²) in [5.41, 5.74) is 4.66. The molecule has 1 aliphatic carbocycles. The smallest absolute Gasteiger partial charge is 0.125 e. The van der Waals surface area contributed by atoms with Crippen LogP contribution in [0, 0.1) is 13.8 Å². The molecule has 1 N–H and O–H groups in total. The van der Waals surface area contributed by atoms with E-state index in [4.69, 9.17) is 4.74 Å². The molecule has 0 saturated carbocycles. The van der Waals surface area contributed by atoms with Gasteiger partial charge in [0.25, 0.3) is 0 Å². The second kappa shape index (κ2) is 3.49. The van der Waals surface area contributed by atoms with Crippen molar-refractivity contribution in [1.82, 2.24) is 0 Å². The number of aliphatic hydroxyl groups excluding tert-OH is 1. The maximum atomic E-state index is 10.2. The van der Waals surface area contributed by atoms with Crippen LogP contribution in [-0.2, 0) is 5.41 Å². The minimum absolute atomic E-state index is 0.0660. The third-order valence-electron chi connectivity index (χ3n) is 3.72. The minimum Gasteiger partial charge on any atom is -0.496 e. The maximum Gasteiger partial charge on any atom is 0.125 e. The van der Waals surface area contributed by atoms with Crippen molar-refractivity contribution in [3.8, 4) is 5.75 Å². The highest BCUT2D eigenvalue weighted by Gasteiger charge is 2.38. The van der Waals surface area contributed by atoms with E-state index in [1.165, 1.54) is 5.56 Å². The lowest BCUT2D eigenvalue weighted by Gasteiger charge is -2.21. The first-order valence-corrected chi connectivity index (χ1v) is 5.75. The molecule has 1 aromatic carbocycles. The molecule has 0 saturated heterocycles. The zero-order valence-corrected chi connectivity index (χ0v) is 10.7. The van der Waals surface area contributed by atoms with Crippen molar-refractivity contribution < 1.29 is 9.84 Å². The molecule has 0 amide bonds. The summed E-state index contributed by atoms with van der Waals surface area (Å²) in [4.78, 5) is 0. The molecule has 0 radical (unpaired) electrons. The van der Waals surface area contributed by atoms with Crippen LogP contribution in [0.25, 0.3) is 0 Å². The first-order valence-electron chi connectivity index (χ1n) is 5.75. The lowest BCUT2D eigenvalue weighted by molar-refractivity contribution is 0.161. The largest absolute Gasteiger partial charge is 0.496 e. The molecule has 2 rings (SSSR count). The molecule has 0 spiro atoms. The van der Waals surface area contributed by atoms with Crippen molar-refractivity contribution in [1.29, 1.82) is 0 Å². The first kappa shape index (κ1) is 11.5. The summed E-state index contributed by atoms with van der Waals surface area (Å²) in [6, 6.07) is 2.16. The van der Waals surface area contributed by atoms with Crippen molar-refractivity contribution in [2.24, 2.45) is 0 Å². The van der Waals surface area contributed by atoms with Crippen LogP contribution < -0.4 is 4.74 Å². The molecule has 0 bridgehead atoms. The number of ether oxygens (including phenoxy) is 1. The number of aliphatic hydroxyl groups is 1. The molecule has 16 heavy (non-hydrogen) atoms. The molecule has 0 heterocycles. The molecule has 0 aromatic heterocycles. The fourth-order valence-corrected chi connectivity index (χ4v) is 2.98. The van der Waals surface area contributed by atoms with Gasteiger partial charge < -0.3 is 9.84 Å². The van der Waals surface area contributed by atoms with Crippen LogP contribution in [0.1, 0.15) is 48.6 Å². The summed E-state index contributed by atoms with van der Waals surface area (Å²) >= 11 is 0. The molecular formula is C14H20O2. The zero-order chi connectivity index (χ0) is 12.1. The zero-order valence-electron chi connectivity index (χ0n) is 10.7. The van der Waals surface area contributed by atoms with E-state index >= 15 is 0 Å². The number of fused-ring (bicyclic) bond motifs is 1. The minimum atomic E-state index is -0.348. The normalized spacial score (nSPS) is 22.0. The van der Waals surface area contributed by atoms with Crippen LogP contribution in [0.2, 0.25) is 0 Å². The average Bonchev–Trinajstić information content (AvgIpc) is 2.37. The van der Waals surface area contributed by atoms with E-state index in [-0.39, 0.29) is 11.5 Å². The van der Waals surface area contributed by atoms with E-state index in [0.29, 0.717) is 0 Å². The van der Waals surface area contributed by atoms with Crippen LogP contribution in [0.15, 0.2) is 6.07 Å². The number of rotatable bonds is 1. The summed E-state index contributed by atoms with van der Waals surface area (Å²) in [6.07, 6.45) is 0.454. The van der Waals surface area contributed by atoms with Gasteiger partial charge in [0.1, 0.15) is 5.75 Å². The number of methoxy groups -OCH3 is 1. The predicted molar refractivity (Wildman–Crippen MR) is 65.1 cm³/mol. The third-order valence-corrected chi connectivity index (χ3v) is 3.72. The summed E-state index contributed by atoms with van der Waals surface area (Å²) in [5, 5.41) is 10.2. The van der Waals surface area contributed by atoms with Crippen molar-refractivity contribution in [2.75, 3.05) is 7.11 Å². The Kier molecular flexibility index (Phi) is 2.50. The SMILES string of the molecule is COc1c(C)cc2c(c1C)[C@H](O)CC2(C)C. The van der Waals surface area contributed by atoms with Crippen molar-refractivity contribution in [2.45, 2.75) is 45.6 Å². The van der Waals surface area contributed by atoms with Gasteiger partial charge in [-0.3, -0.25) is 0 Å². The Hall–Kier alpha value is -1.02. The number of aryl methyl sites for hydroxylation is 1. The van der Waals surface area contributed by atoms with Gasteiger partial charge in [-0.2, -0.15) is 0 Å². The highest BCUT2D eigenvalue weighted by Crippen LogP contribution is 2.48. The van der Waals surface area contributed by atoms with E-state index in [9.17, 15) is 5.11 Å². The fourth-order valence-electron chi connectivity index (χ4n) is 2.98. The van der Waals surface area contributed by atoms with Crippen molar-refractivity contribution >= 4 is 0 Å². The lowest BCUT2D eigenvalue weighted by Crippen LogP contribution is -2.12. The predicted octanol–water partition coefficient (Wildman–Crippen LogP) is 3.03. The van der Waals surface area contributed by atoms with E-state index in [0.717, 1.165) is 28.9 Å². The number of benzene rings is 1. The van der Waals surface area contributed by atoms with E-state index in [1.54, 1.807) is 7.11 Å².